The van der Waals surface area contributed by atoms with Crippen LogP contribution in [0.4, 0.5) is 0 Å². The molecule has 1 N–H and O–H groups in total. The Labute approximate surface area is 108 Å². The molecule has 98 valence electrons. The van der Waals surface area contributed by atoms with E-state index in [9.17, 15) is 0 Å². The Balaban J connectivity index is 2.06. The van der Waals surface area contributed by atoms with Gasteiger partial charge in [0.2, 0.25) is 0 Å². The van der Waals surface area contributed by atoms with Crippen LogP contribution < -0.4 is 14.8 Å². The number of fused-ring (bicyclic) bond motifs is 2. The molecule has 0 bridgehead atoms. The fourth-order valence-corrected chi connectivity index (χ4v) is 2.87. The monoisotopic (exact) mass is 247 g/mol. The van der Waals surface area contributed by atoms with E-state index in [0.717, 1.165) is 44.1 Å². The predicted octanol–water partition coefficient (Wildman–Crippen LogP) is 3.01. The van der Waals surface area contributed by atoms with E-state index in [1.54, 1.807) is 0 Å². The second-order valence-corrected chi connectivity index (χ2v) is 5.25. The van der Waals surface area contributed by atoms with E-state index in [-0.39, 0.29) is 0 Å². The quantitative estimate of drug-likeness (QED) is 0.827. The van der Waals surface area contributed by atoms with Crippen molar-refractivity contribution in [3.8, 4) is 11.5 Å². The standard InChI is InChI=1S/C15H21NO2/c1-3-13-12-8-15-14(17-5-4-6-18-15)7-11(12)10(2)9-16-13/h7-8,10,13,16H,3-6,9H2,1-2H3. The van der Waals surface area contributed by atoms with Gasteiger partial charge in [0.1, 0.15) is 0 Å². The van der Waals surface area contributed by atoms with Crippen LogP contribution in [-0.4, -0.2) is 19.8 Å². The third kappa shape index (κ3) is 1.97. The van der Waals surface area contributed by atoms with Crippen molar-refractivity contribution in [2.75, 3.05) is 19.8 Å². The van der Waals surface area contributed by atoms with E-state index in [2.05, 4.69) is 31.3 Å². The minimum Gasteiger partial charge on any atom is -0.490 e. The maximum absolute atomic E-state index is 5.79. The van der Waals surface area contributed by atoms with Crippen LogP contribution in [-0.2, 0) is 0 Å². The van der Waals surface area contributed by atoms with Gasteiger partial charge in [-0.2, -0.15) is 0 Å². The first-order chi connectivity index (χ1) is 8.79. The zero-order chi connectivity index (χ0) is 12.5. The van der Waals surface area contributed by atoms with Crippen LogP contribution in [0.5, 0.6) is 11.5 Å². The van der Waals surface area contributed by atoms with Gasteiger partial charge in [0.25, 0.3) is 0 Å². The van der Waals surface area contributed by atoms with Gasteiger partial charge in [0.15, 0.2) is 11.5 Å². The lowest BCUT2D eigenvalue weighted by atomic mass is 9.86. The Kier molecular flexibility index (Phi) is 3.16. The molecule has 0 radical (unpaired) electrons. The Morgan fingerprint density at radius 2 is 1.83 bits per heavy atom. The second kappa shape index (κ2) is 4.81. The van der Waals surface area contributed by atoms with Gasteiger partial charge in [-0.15, -0.1) is 0 Å². The van der Waals surface area contributed by atoms with E-state index in [1.165, 1.54) is 11.1 Å². The maximum Gasteiger partial charge on any atom is 0.161 e. The Bertz CT molecular complexity index is 444. The second-order valence-electron chi connectivity index (χ2n) is 5.25. The molecule has 2 heterocycles. The average Bonchev–Trinajstić information content (AvgIpc) is 2.62. The van der Waals surface area contributed by atoms with Gasteiger partial charge in [-0.05, 0) is 35.6 Å². The lowest BCUT2D eigenvalue weighted by Crippen LogP contribution is -2.31. The molecule has 0 aromatic heterocycles. The van der Waals surface area contributed by atoms with Gasteiger partial charge in [-0.3, -0.25) is 0 Å². The molecule has 2 atom stereocenters. The Hall–Kier alpha value is -1.22. The highest BCUT2D eigenvalue weighted by atomic mass is 16.5. The van der Waals surface area contributed by atoms with Crippen LogP contribution in [0.25, 0.3) is 0 Å². The van der Waals surface area contributed by atoms with E-state index in [1.807, 2.05) is 0 Å². The summed E-state index contributed by atoms with van der Waals surface area (Å²) < 4.78 is 11.6. The van der Waals surface area contributed by atoms with Crippen LogP contribution in [0.1, 0.15) is 49.8 Å². The molecule has 3 rings (SSSR count). The molecule has 0 fully saturated rings. The molecule has 0 aliphatic carbocycles. The lowest BCUT2D eigenvalue weighted by Gasteiger charge is -2.31. The van der Waals surface area contributed by atoms with Crippen molar-refractivity contribution in [1.82, 2.24) is 5.32 Å². The summed E-state index contributed by atoms with van der Waals surface area (Å²) in [7, 11) is 0. The number of nitrogens with one attached hydrogen (secondary N) is 1. The van der Waals surface area contributed by atoms with Gasteiger partial charge in [0, 0.05) is 19.0 Å². The zero-order valence-electron chi connectivity index (χ0n) is 11.2. The van der Waals surface area contributed by atoms with Crippen LogP contribution >= 0.6 is 0 Å². The predicted molar refractivity (Wildman–Crippen MR) is 71.5 cm³/mol. The van der Waals surface area contributed by atoms with Gasteiger partial charge in [-0.1, -0.05) is 13.8 Å². The highest BCUT2D eigenvalue weighted by Gasteiger charge is 2.26. The number of rotatable bonds is 1. The largest absolute Gasteiger partial charge is 0.490 e. The highest BCUT2D eigenvalue weighted by molar-refractivity contribution is 5.50. The summed E-state index contributed by atoms with van der Waals surface area (Å²) in [6.07, 6.45) is 2.07. The summed E-state index contributed by atoms with van der Waals surface area (Å²) in [5, 5.41) is 3.60. The van der Waals surface area contributed by atoms with E-state index in [4.69, 9.17) is 9.47 Å². The molecular formula is C15H21NO2. The first kappa shape index (κ1) is 11.8. The van der Waals surface area contributed by atoms with Gasteiger partial charge >= 0.3 is 0 Å². The SMILES string of the molecule is CCC1NCC(C)c2cc3c(cc21)OCCCO3. The van der Waals surface area contributed by atoms with Gasteiger partial charge in [0.05, 0.1) is 13.2 Å². The molecule has 1 aromatic rings. The van der Waals surface area contributed by atoms with Gasteiger partial charge < -0.3 is 14.8 Å². The third-order valence-electron chi connectivity index (χ3n) is 3.94. The summed E-state index contributed by atoms with van der Waals surface area (Å²) >= 11 is 0. The number of hydrogen-bond donors (Lipinski definition) is 1. The first-order valence-corrected chi connectivity index (χ1v) is 6.96. The lowest BCUT2D eigenvalue weighted by molar-refractivity contribution is 0.297. The van der Waals surface area contributed by atoms with Crippen molar-refractivity contribution in [2.24, 2.45) is 0 Å². The molecular weight excluding hydrogens is 226 g/mol. The third-order valence-corrected chi connectivity index (χ3v) is 3.94. The van der Waals surface area contributed by atoms with Crippen LogP contribution in [0.2, 0.25) is 0 Å². The van der Waals surface area contributed by atoms with Crippen molar-refractivity contribution >= 4 is 0 Å². The van der Waals surface area contributed by atoms with Crippen molar-refractivity contribution in [3.63, 3.8) is 0 Å². The van der Waals surface area contributed by atoms with E-state index < -0.39 is 0 Å². The van der Waals surface area contributed by atoms with Gasteiger partial charge in [-0.25, -0.2) is 0 Å². The topological polar surface area (TPSA) is 30.5 Å². The summed E-state index contributed by atoms with van der Waals surface area (Å²) in [4.78, 5) is 0. The normalized spacial score (nSPS) is 26.3. The van der Waals surface area contributed by atoms with Crippen LogP contribution in [0.3, 0.4) is 0 Å². The minimum atomic E-state index is 0.452. The van der Waals surface area contributed by atoms with Crippen LogP contribution in [0, 0.1) is 0 Å². The smallest absolute Gasteiger partial charge is 0.161 e. The number of hydrogen-bond acceptors (Lipinski definition) is 3. The highest BCUT2D eigenvalue weighted by Crippen LogP contribution is 2.40. The molecule has 0 spiro atoms. The molecule has 0 saturated heterocycles. The summed E-state index contributed by atoms with van der Waals surface area (Å²) in [5.74, 6) is 2.38. The van der Waals surface area contributed by atoms with E-state index in [0.29, 0.717) is 12.0 Å². The Morgan fingerprint density at radius 3 is 2.50 bits per heavy atom. The van der Waals surface area contributed by atoms with Crippen molar-refractivity contribution in [2.45, 2.75) is 38.6 Å². The molecule has 3 nitrogen and oxygen atoms in total. The van der Waals surface area contributed by atoms with E-state index >= 15 is 0 Å². The van der Waals surface area contributed by atoms with Crippen molar-refractivity contribution in [3.05, 3.63) is 23.3 Å². The molecule has 2 aliphatic heterocycles. The number of benzene rings is 1. The number of ether oxygens (including phenoxy) is 2. The zero-order valence-corrected chi connectivity index (χ0v) is 11.2. The average molecular weight is 247 g/mol. The summed E-state index contributed by atoms with van der Waals surface area (Å²) in [6, 6.07) is 4.84. The fourth-order valence-electron chi connectivity index (χ4n) is 2.87. The van der Waals surface area contributed by atoms with Crippen molar-refractivity contribution in [1.29, 1.82) is 0 Å². The van der Waals surface area contributed by atoms with Crippen molar-refractivity contribution < 1.29 is 9.47 Å². The molecule has 3 heteroatoms. The minimum absolute atomic E-state index is 0.452. The molecule has 1 aromatic carbocycles. The summed E-state index contributed by atoms with van der Waals surface area (Å²) in [5.41, 5.74) is 2.81. The first-order valence-electron chi connectivity index (χ1n) is 6.96. The molecule has 2 unspecified atom stereocenters. The Morgan fingerprint density at radius 1 is 1.17 bits per heavy atom. The molecule has 2 aliphatic rings. The summed E-state index contributed by atoms with van der Waals surface area (Å²) in [6.45, 7) is 7.05. The maximum atomic E-state index is 5.79. The van der Waals surface area contributed by atoms with Crippen LogP contribution in [0.15, 0.2) is 12.1 Å². The molecule has 18 heavy (non-hydrogen) atoms. The molecule has 0 saturated carbocycles. The molecule has 0 amide bonds. The fraction of sp³-hybridized carbons (Fsp3) is 0.600.